The molecule has 0 aromatic heterocycles. The summed E-state index contributed by atoms with van der Waals surface area (Å²) in [6.07, 6.45) is 3.77. The highest BCUT2D eigenvalue weighted by atomic mass is 16.5. The zero-order valence-electron chi connectivity index (χ0n) is 11.4. The van der Waals surface area contributed by atoms with Crippen molar-refractivity contribution in [2.24, 2.45) is 5.92 Å². The third-order valence-corrected chi connectivity index (χ3v) is 4.28. The van der Waals surface area contributed by atoms with Crippen LogP contribution in [0.5, 0.6) is 5.75 Å². The lowest BCUT2D eigenvalue weighted by molar-refractivity contribution is 0.227. The highest BCUT2D eigenvalue weighted by molar-refractivity contribution is 5.72. The Morgan fingerprint density at radius 1 is 1.22 bits per heavy atom. The number of hydrogen-bond acceptors (Lipinski definition) is 2. The normalized spacial score (nSPS) is 26.8. The topological polar surface area (TPSA) is 12.5 Å². The quantitative estimate of drug-likeness (QED) is 0.808. The number of ether oxygens (including phenoxy) is 1. The Hall–Kier alpha value is -1.28. The van der Waals surface area contributed by atoms with Gasteiger partial charge in [-0.05, 0) is 49.5 Å². The number of methoxy groups -OCH3 is 1. The van der Waals surface area contributed by atoms with Crippen molar-refractivity contribution in [2.45, 2.75) is 32.4 Å². The fraction of sp³-hybridized carbons (Fsp3) is 0.500. The van der Waals surface area contributed by atoms with Crippen molar-refractivity contribution >= 4 is 5.57 Å². The van der Waals surface area contributed by atoms with Crippen LogP contribution >= 0.6 is 0 Å². The molecule has 1 saturated heterocycles. The monoisotopic (exact) mass is 243 g/mol. The third-order valence-electron chi connectivity index (χ3n) is 4.28. The molecule has 0 spiro atoms. The first-order valence-corrected chi connectivity index (χ1v) is 6.81. The molecule has 2 bridgehead atoms. The van der Waals surface area contributed by atoms with Crippen LogP contribution in [-0.4, -0.2) is 30.6 Å². The zero-order chi connectivity index (χ0) is 12.7. The van der Waals surface area contributed by atoms with Crippen LogP contribution in [0.3, 0.4) is 0 Å². The summed E-state index contributed by atoms with van der Waals surface area (Å²) in [5.74, 6) is 1.66. The molecule has 1 aliphatic carbocycles. The minimum absolute atomic E-state index is 0.659. The van der Waals surface area contributed by atoms with Crippen molar-refractivity contribution in [3.63, 3.8) is 0 Å². The summed E-state index contributed by atoms with van der Waals surface area (Å²) in [7, 11) is 1.71. The molecule has 0 unspecified atom stereocenters. The predicted octanol–water partition coefficient (Wildman–Crippen LogP) is 3.19. The van der Waals surface area contributed by atoms with Gasteiger partial charge in [-0.2, -0.15) is 0 Å². The van der Waals surface area contributed by atoms with Gasteiger partial charge in [0.2, 0.25) is 0 Å². The summed E-state index contributed by atoms with van der Waals surface area (Å²) >= 11 is 0. The molecule has 1 aromatic carbocycles. The van der Waals surface area contributed by atoms with Crippen LogP contribution in [0.25, 0.3) is 5.57 Å². The Labute approximate surface area is 109 Å². The van der Waals surface area contributed by atoms with Crippen molar-refractivity contribution in [3.8, 4) is 5.75 Å². The lowest BCUT2D eigenvalue weighted by Crippen LogP contribution is -2.36. The van der Waals surface area contributed by atoms with Gasteiger partial charge < -0.3 is 4.74 Å². The van der Waals surface area contributed by atoms with Crippen LogP contribution in [0.15, 0.2) is 30.3 Å². The first kappa shape index (κ1) is 11.8. The van der Waals surface area contributed by atoms with Gasteiger partial charge in [-0.15, -0.1) is 0 Å². The number of rotatable bonds is 3. The van der Waals surface area contributed by atoms with E-state index in [1.165, 1.54) is 18.5 Å². The van der Waals surface area contributed by atoms with Gasteiger partial charge in [-0.3, -0.25) is 4.90 Å². The third kappa shape index (κ3) is 1.85. The van der Waals surface area contributed by atoms with Crippen molar-refractivity contribution in [1.29, 1.82) is 0 Å². The lowest BCUT2D eigenvalue weighted by atomic mass is 9.95. The van der Waals surface area contributed by atoms with E-state index in [-0.39, 0.29) is 0 Å². The highest BCUT2D eigenvalue weighted by Crippen LogP contribution is 2.43. The van der Waals surface area contributed by atoms with E-state index in [4.69, 9.17) is 4.74 Å². The van der Waals surface area contributed by atoms with Gasteiger partial charge in [0.25, 0.3) is 0 Å². The molecule has 2 heteroatoms. The average Bonchev–Trinajstić information content (AvgIpc) is 2.98. The maximum atomic E-state index is 5.21. The summed E-state index contributed by atoms with van der Waals surface area (Å²) < 4.78 is 5.21. The molecule has 3 rings (SSSR count). The molecule has 0 N–H and O–H groups in total. The maximum absolute atomic E-state index is 5.21. The molecule has 1 heterocycles. The number of likely N-dealkylation sites (tertiary alicyclic amines) is 1. The molecule has 2 aliphatic rings. The smallest absolute Gasteiger partial charge is 0.118 e. The van der Waals surface area contributed by atoms with E-state index in [9.17, 15) is 0 Å². The Morgan fingerprint density at radius 3 is 2.44 bits per heavy atom. The van der Waals surface area contributed by atoms with Crippen LogP contribution in [0.4, 0.5) is 0 Å². The summed E-state index contributed by atoms with van der Waals surface area (Å²) in [6.45, 7) is 5.81. The molecule has 2 nitrogen and oxygen atoms in total. The van der Waals surface area contributed by atoms with Gasteiger partial charge in [0.05, 0.1) is 7.11 Å². The highest BCUT2D eigenvalue weighted by Gasteiger charge is 2.39. The lowest BCUT2D eigenvalue weighted by Gasteiger charge is -2.29. The van der Waals surface area contributed by atoms with Gasteiger partial charge in [-0.25, -0.2) is 0 Å². The molecule has 0 amide bonds. The minimum Gasteiger partial charge on any atom is -0.497 e. The van der Waals surface area contributed by atoms with E-state index in [1.807, 2.05) is 0 Å². The van der Waals surface area contributed by atoms with Crippen LogP contribution in [0.1, 0.15) is 25.8 Å². The molecule has 1 aromatic rings. The number of hydrogen-bond donors (Lipinski definition) is 0. The molecule has 2 atom stereocenters. The standard InChI is InChI=1S/C16H21NO/c1-11(2)17-10-13-8-14(17)9-16(13)12-4-6-15(18-3)7-5-12/h4-7,9,11,13-14H,8,10H2,1-3H3/t13-,14-/m1/s1. The molecule has 18 heavy (non-hydrogen) atoms. The first-order chi connectivity index (χ1) is 8.69. The Bertz CT molecular complexity index is 460. The summed E-state index contributed by atoms with van der Waals surface area (Å²) in [5.41, 5.74) is 2.91. The van der Waals surface area contributed by atoms with Crippen LogP contribution in [0, 0.1) is 5.92 Å². The first-order valence-electron chi connectivity index (χ1n) is 6.81. The summed E-state index contributed by atoms with van der Waals surface area (Å²) in [4.78, 5) is 2.61. The van der Waals surface area contributed by atoms with Crippen molar-refractivity contribution in [2.75, 3.05) is 13.7 Å². The Kier molecular flexibility index (Phi) is 2.90. The van der Waals surface area contributed by atoms with Crippen LogP contribution in [-0.2, 0) is 0 Å². The Morgan fingerprint density at radius 2 is 1.94 bits per heavy atom. The second-order valence-corrected chi connectivity index (χ2v) is 5.64. The van der Waals surface area contributed by atoms with Crippen LogP contribution in [0.2, 0.25) is 0 Å². The average molecular weight is 243 g/mol. The van der Waals surface area contributed by atoms with E-state index < -0.39 is 0 Å². The van der Waals surface area contributed by atoms with Crippen molar-refractivity contribution in [3.05, 3.63) is 35.9 Å². The molecular weight excluding hydrogens is 222 g/mol. The maximum Gasteiger partial charge on any atom is 0.118 e. The van der Waals surface area contributed by atoms with Gasteiger partial charge in [0.1, 0.15) is 5.75 Å². The van der Waals surface area contributed by atoms with Gasteiger partial charge in [-0.1, -0.05) is 18.2 Å². The van der Waals surface area contributed by atoms with E-state index >= 15 is 0 Å². The molecule has 1 fully saturated rings. The SMILES string of the molecule is COc1ccc(C2=C[C@H]3C[C@@H]2CN3C(C)C)cc1. The van der Waals surface area contributed by atoms with Gasteiger partial charge in [0.15, 0.2) is 0 Å². The summed E-state index contributed by atoms with van der Waals surface area (Å²) in [5, 5.41) is 0. The fourth-order valence-corrected chi connectivity index (χ4v) is 3.33. The second-order valence-electron chi connectivity index (χ2n) is 5.64. The molecular formula is C16H21NO. The van der Waals surface area contributed by atoms with Crippen LogP contribution < -0.4 is 4.74 Å². The van der Waals surface area contributed by atoms with Crippen molar-refractivity contribution in [1.82, 2.24) is 4.90 Å². The zero-order valence-corrected chi connectivity index (χ0v) is 11.4. The Balaban J connectivity index is 1.83. The molecule has 96 valence electrons. The largest absolute Gasteiger partial charge is 0.497 e. The van der Waals surface area contributed by atoms with Gasteiger partial charge >= 0.3 is 0 Å². The fourth-order valence-electron chi connectivity index (χ4n) is 3.33. The molecule has 0 saturated carbocycles. The second kappa shape index (κ2) is 4.43. The molecule has 1 aliphatic heterocycles. The molecule has 0 radical (unpaired) electrons. The van der Waals surface area contributed by atoms with E-state index in [0.29, 0.717) is 12.1 Å². The predicted molar refractivity (Wildman–Crippen MR) is 74.7 cm³/mol. The number of fused-ring (bicyclic) bond motifs is 2. The van der Waals surface area contributed by atoms with E-state index in [0.717, 1.165) is 11.7 Å². The van der Waals surface area contributed by atoms with E-state index in [2.05, 4.69) is 49.1 Å². The van der Waals surface area contributed by atoms with Gasteiger partial charge in [0, 0.05) is 18.6 Å². The minimum atomic E-state index is 0.659. The van der Waals surface area contributed by atoms with Crippen molar-refractivity contribution < 1.29 is 4.74 Å². The van der Waals surface area contributed by atoms with E-state index in [1.54, 1.807) is 12.7 Å². The number of benzene rings is 1. The summed E-state index contributed by atoms with van der Waals surface area (Å²) in [6, 6.07) is 9.81. The number of nitrogens with zero attached hydrogens (tertiary/aromatic N) is 1.